The van der Waals surface area contributed by atoms with Crippen molar-refractivity contribution in [3.8, 4) is 0 Å². The van der Waals surface area contributed by atoms with E-state index in [9.17, 15) is 9.59 Å². The molecule has 1 N–H and O–H groups in total. The Bertz CT molecular complexity index is 436. The third-order valence-electron chi connectivity index (χ3n) is 6.83. The molecule has 3 heteroatoms. The minimum Gasteiger partial charge on any atom is -0.353 e. The third kappa shape index (κ3) is 1.45. The molecule has 0 aromatic carbocycles. The molecule has 0 unspecified atom stereocenters. The van der Waals surface area contributed by atoms with E-state index >= 15 is 0 Å². The molecule has 0 saturated heterocycles. The number of fused-ring (bicyclic) bond motifs is 2. The first-order chi connectivity index (χ1) is 8.83. The second-order valence-electron chi connectivity index (χ2n) is 7.59. The van der Waals surface area contributed by atoms with Crippen LogP contribution in [0.5, 0.6) is 0 Å². The van der Waals surface area contributed by atoms with Gasteiger partial charge in [-0.05, 0) is 31.1 Å². The van der Waals surface area contributed by atoms with Gasteiger partial charge in [-0.3, -0.25) is 9.59 Å². The van der Waals surface area contributed by atoms with E-state index < -0.39 is 5.41 Å². The maximum atomic E-state index is 12.8. The maximum absolute atomic E-state index is 12.8. The first-order valence-corrected chi connectivity index (χ1v) is 7.68. The highest BCUT2D eigenvalue weighted by Crippen LogP contribution is 2.70. The molecule has 1 amide bonds. The van der Waals surface area contributed by atoms with Crippen LogP contribution in [-0.4, -0.2) is 17.7 Å². The molecule has 19 heavy (non-hydrogen) atoms. The van der Waals surface area contributed by atoms with E-state index in [1.807, 2.05) is 0 Å². The highest BCUT2D eigenvalue weighted by Gasteiger charge is 2.72. The number of nitrogens with one attached hydrogen (secondary N) is 1. The van der Waals surface area contributed by atoms with Gasteiger partial charge in [0.15, 0.2) is 0 Å². The van der Waals surface area contributed by atoms with E-state index in [1.54, 1.807) is 0 Å². The van der Waals surface area contributed by atoms with E-state index in [1.165, 1.54) is 12.8 Å². The number of hydrogen-bond acceptors (Lipinski definition) is 2. The first kappa shape index (κ1) is 13.1. The second-order valence-corrected chi connectivity index (χ2v) is 7.59. The Balaban J connectivity index is 1.87. The van der Waals surface area contributed by atoms with Gasteiger partial charge in [0.1, 0.15) is 5.78 Å². The SMILES string of the molecule is CC1(C)[C@]2(C(=O)NC3CCCC3)CC[C@@]1(C)C(=O)C2. The molecule has 0 heterocycles. The van der Waals surface area contributed by atoms with Crippen LogP contribution in [0, 0.1) is 16.2 Å². The number of hydrogen-bond donors (Lipinski definition) is 1. The summed E-state index contributed by atoms with van der Waals surface area (Å²) in [7, 11) is 0. The molecule has 2 atom stereocenters. The Morgan fingerprint density at radius 2 is 1.79 bits per heavy atom. The minimum absolute atomic E-state index is 0.152. The number of Topliss-reactive ketones (excluding diaryl/α,β-unsaturated/α-hetero) is 1. The summed E-state index contributed by atoms with van der Waals surface area (Å²) >= 11 is 0. The lowest BCUT2D eigenvalue weighted by Gasteiger charge is -2.39. The van der Waals surface area contributed by atoms with Gasteiger partial charge in [-0.1, -0.05) is 33.6 Å². The molecule has 3 aliphatic carbocycles. The first-order valence-electron chi connectivity index (χ1n) is 7.68. The fraction of sp³-hybridized carbons (Fsp3) is 0.875. The van der Waals surface area contributed by atoms with Crippen LogP contribution in [0.3, 0.4) is 0 Å². The Morgan fingerprint density at radius 3 is 2.26 bits per heavy atom. The highest BCUT2D eigenvalue weighted by atomic mass is 16.2. The van der Waals surface area contributed by atoms with Gasteiger partial charge in [0.25, 0.3) is 0 Å². The van der Waals surface area contributed by atoms with Crippen molar-refractivity contribution in [1.82, 2.24) is 5.32 Å². The number of carbonyl (C=O) groups is 2. The average molecular weight is 263 g/mol. The molecule has 0 radical (unpaired) electrons. The maximum Gasteiger partial charge on any atom is 0.227 e. The zero-order valence-electron chi connectivity index (χ0n) is 12.3. The lowest BCUT2D eigenvalue weighted by molar-refractivity contribution is -0.137. The van der Waals surface area contributed by atoms with Crippen LogP contribution in [0.15, 0.2) is 0 Å². The van der Waals surface area contributed by atoms with Crippen LogP contribution in [-0.2, 0) is 9.59 Å². The molecule has 3 saturated carbocycles. The monoisotopic (exact) mass is 263 g/mol. The molecular weight excluding hydrogens is 238 g/mol. The van der Waals surface area contributed by atoms with Gasteiger partial charge in [-0.15, -0.1) is 0 Å². The predicted molar refractivity (Wildman–Crippen MR) is 73.6 cm³/mol. The Kier molecular flexibility index (Phi) is 2.65. The molecule has 3 fully saturated rings. The van der Waals surface area contributed by atoms with Crippen LogP contribution >= 0.6 is 0 Å². The van der Waals surface area contributed by atoms with Gasteiger partial charge >= 0.3 is 0 Å². The summed E-state index contributed by atoms with van der Waals surface area (Å²) < 4.78 is 0. The molecule has 2 bridgehead atoms. The number of rotatable bonds is 2. The van der Waals surface area contributed by atoms with Crippen LogP contribution < -0.4 is 5.32 Å². The van der Waals surface area contributed by atoms with E-state index in [2.05, 4.69) is 26.1 Å². The molecule has 3 rings (SSSR count). The summed E-state index contributed by atoms with van der Waals surface area (Å²) in [5.41, 5.74) is -0.943. The van der Waals surface area contributed by atoms with E-state index in [0.29, 0.717) is 18.2 Å². The van der Waals surface area contributed by atoms with Gasteiger partial charge in [-0.2, -0.15) is 0 Å². The zero-order valence-corrected chi connectivity index (χ0v) is 12.3. The normalized spacial score (nSPS) is 40.9. The van der Waals surface area contributed by atoms with Gasteiger partial charge in [-0.25, -0.2) is 0 Å². The van der Waals surface area contributed by atoms with Crippen molar-refractivity contribution >= 4 is 11.7 Å². The van der Waals surface area contributed by atoms with Crippen molar-refractivity contribution in [2.24, 2.45) is 16.2 Å². The van der Waals surface area contributed by atoms with Crippen molar-refractivity contribution in [2.45, 2.75) is 71.8 Å². The Morgan fingerprint density at radius 1 is 1.16 bits per heavy atom. The van der Waals surface area contributed by atoms with Gasteiger partial charge < -0.3 is 5.32 Å². The van der Waals surface area contributed by atoms with Crippen molar-refractivity contribution < 1.29 is 9.59 Å². The summed E-state index contributed by atoms with van der Waals surface area (Å²) in [6.07, 6.45) is 6.85. The molecule has 106 valence electrons. The second kappa shape index (κ2) is 3.83. The molecule has 0 aromatic heterocycles. The number of amides is 1. The molecule has 3 aliphatic rings. The number of ketones is 1. The van der Waals surface area contributed by atoms with Gasteiger partial charge in [0.05, 0.1) is 5.41 Å². The summed E-state index contributed by atoms with van der Waals surface area (Å²) in [4.78, 5) is 25.2. The largest absolute Gasteiger partial charge is 0.353 e. The molecule has 3 nitrogen and oxygen atoms in total. The average Bonchev–Trinajstić information content (AvgIpc) is 2.94. The smallest absolute Gasteiger partial charge is 0.227 e. The van der Waals surface area contributed by atoms with Crippen LogP contribution in [0.1, 0.15) is 65.7 Å². The fourth-order valence-electron chi connectivity index (χ4n) is 4.75. The summed E-state index contributed by atoms with van der Waals surface area (Å²) in [5, 5.41) is 3.24. The van der Waals surface area contributed by atoms with Crippen LogP contribution in [0.4, 0.5) is 0 Å². The summed E-state index contributed by atoms with van der Waals surface area (Å²) in [6.45, 7) is 6.31. The van der Waals surface area contributed by atoms with Gasteiger partial charge in [0, 0.05) is 17.9 Å². The van der Waals surface area contributed by atoms with E-state index in [-0.39, 0.29) is 16.7 Å². The topological polar surface area (TPSA) is 46.2 Å². The minimum atomic E-state index is -0.443. The zero-order chi connectivity index (χ0) is 13.9. The van der Waals surface area contributed by atoms with E-state index in [0.717, 1.165) is 25.7 Å². The summed E-state index contributed by atoms with van der Waals surface area (Å²) in [5.74, 6) is 0.448. The lowest BCUT2D eigenvalue weighted by Crippen LogP contribution is -2.49. The Hall–Kier alpha value is -0.860. The van der Waals surface area contributed by atoms with Crippen molar-refractivity contribution in [1.29, 1.82) is 0 Å². The predicted octanol–water partition coefficient (Wildman–Crippen LogP) is 2.83. The molecule has 0 aliphatic heterocycles. The lowest BCUT2D eigenvalue weighted by atomic mass is 9.64. The molecule has 0 aromatic rings. The summed E-state index contributed by atoms with van der Waals surface area (Å²) in [6, 6.07) is 0.347. The standard InChI is InChI=1S/C16H25NO2/c1-14(2)15(3)8-9-16(14,10-12(15)18)13(19)17-11-6-4-5-7-11/h11H,4-10H2,1-3H3,(H,17,19)/t15-,16+/m0/s1. The van der Waals surface area contributed by atoms with Gasteiger partial charge in [0.2, 0.25) is 5.91 Å². The molecular formula is C16H25NO2. The molecule has 0 spiro atoms. The Labute approximate surface area is 115 Å². The van der Waals surface area contributed by atoms with Crippen molar-refractivity contribution in [3.05, 3.63) is 0 Å². The van der Waals surface area contributed by atoms with Crippen LogP contribution in [0.2, 0.25) is 0 Å². The quantitative estimate of drug-likeness (QED) is 0.832. The van der Waals surface area contributed by atoms with Crippen molar-refractivity contribution in [2.75, 3.05) is 0 Å². The fourth-order valence-corrected chi connectivity index (χ4v) is 4.75. The highest BCUT2D eigenvalue weighted by molar-refractivity contribution is 5.99. The third-order valence-corrected chi connectivity index (χ3v) is 6.83. The van der Waals surface area contributed by atoms with Crippen molar-refractivity contribution in [3.63, 3.8) is 0 Å². The van der Waals surface area contributed by atoms with E-state index in [4.69, 9.17) is 0 Å². The van der Waals surface area contributed by atoms with Crippen LogP contribution in [0.25, 0.3) is 0 Å². The number of carbonyl (C=O) groups excluding carboxylic acids is 2.